The maximum absolute atomic E-state index is 15.1. The summed E-state index contributed by atoms with van der Waals surface area (Å²) < 4.78 is 17.4. The number of nitrogens with one attached hydrogen (secondary N) is 1. The van der Waals surface area contributed by atoms with Crippen molar-refractivity contribution in [2.45, 2.75) is 44.6 Å². The molecular formula is C23H25FN6. The molecule has 154 valence electrons. The molecule has 4 aromatic rings. The van der Waals surface area contributed by atoms with Crippen molar-refractivity contribution in [3.63, 3.8) is 0 Å². The first-order chi connectivity index (χ1) is 14.6. The number of benzene rings is 1. The third-order valence-corrected chi connectivity index (χ3v) is 6.68. The van der Waals surface area contributed by atoms with Crippen LogP contribution in [-0.2, 0) is 0 Å². The van der Waals surface area contributed by atoms with Crippen molar-refractivity contribution < 1.29 is 4.39 Å². The lowest BCUT2D eigenvalue weighted by Gasteiger charge is -2.30. The van der Waals surface area contributed by atoms with Gasteiger partial charge in [0.15, 0.2) is 5.82 Å². The van der Waals surface area contributed by atoms with E-state index in [4.69, 9.17) is 0 Å². The molecule has 2 aliphatic rings. The number of aryl methyl sites for hydroxylation is 1. The molecule has 1 aliphatic carbocycles. The minimum atomic E-state index is -0.276. The van der Waals surface area contributed by atoms with Crippen LogP contribution in [0.4, 0.5) is 4.39 Å². The highest BCUT2D eigenvalue weighted by Crippen LogP contribution is 2.39. The van der Waals surface area contributed by atoms with Crippen LogP contribution in [0.15, 0.2) is 24.5 Å². The number of piperidine rings is 1. The molecule has 1 saturated carbocycles. The summed E-state index contributed by atoms with van der Waals surface area (Å²) in [5, 5.41) is 0.931. The molecule has 3 aromatic heterocycles. The second-order valence-electron chi connectivity index (χ2n) is 8.86. The Morgan fingerprint density at radius 3 is 2.67 bits per heavy atom. The maximum Gasteiger partial charge on any atom is 0.151 e. The first kappa shape index (κ1) is 18.0. The molecule has 0 amide bonds. The Bertz CT molecular complexity index is 1260. The molecule has 30 heavy (non-hydrogen) atoms. The molecule has 4 heterocycles. The number of imidazole rings is 1. The number of aromatic nitrogens is 5. The van der Waals surface area contributed by atoms with Gasteiger partial charge in [-0.3, -0.25) is 0 Å². The maximum atomic E-state index is 15.1. The van der Waals surface area contributed by atoms with Gasteiger partial charge in [-0.1, -0.05) is 0 Å². The van der Waals surface area contributed by atoms with Crippen molar-refractivity contribution in [1.82, 2.24) is 29.4 Å². The Morgan fingerprint density at radius 2 is 1.90 bits per heavy atom. The standard InChI is InChI=1S/C23H25FN6/c1-13-27-21-19(24)9-15(10-20(21)30(13)16-5-7-29(2)8-6-16)17-11-26-23-18(17)12-25-22(28-23)14-3-4-14/h9-12,14,16H,3-8H2,1-2H3,(H,25,26,28). The van der Waals surface area contributed by atoms with Crippen LogP contribution in [0.3, 0.4) is 0 Å². The molecule has 7 heteroatoms. The molecule has 6 nitrogen and oxygen atoms in total. The molecule has 2 fully saturated rings. The number of likely N-dealkylation sites (tertiary alicyclic amines) is 1. The van der Waals surface area contributed by atoms with Gasteiger partial charge in [-0.05, 0) is 70.4 Å². The van der Waals surface area contributed by atoms with Crippen LogP contribution in [0.5, 0.6) is 0 Å². The minimum absolute atomic E-state index is 0.276. The third-order valence-electron chi connectivity index (χ3n) is 6.68. The van der Waals surface area contributed by atoms with E-state index in [1.807, 2.05) is 19.3 Å². The largest absolute Gasteiger partial charge is 0.345 e. The van der Waals surface area contributed by atoms with Crippen molar-refractivity contribution >= 4 is 22.1 Å². The van der Waals surface area contributed by atoms with Crippen molar-refractivity contribution in [2.24, 2.45) is 0 Å². The van der Waals surface area contributed by atoms with Gasteiger partial charge in [-0.15, -0.1) is 0 Å². The predicted octanol–water partition coefficient (Wildman–Crippen LogP) is 4.57. The molecule has 0 atom stereocenters. The smallest absolute Gasteiger partial charge is 0.151 e. The van der Waals surface area contributed by atoms with E-state index >= 15 is 4.39 Å². The van der Waals surface area contributed by atoms with E-state index in [-0.39, 0.29) is 5.82 Å². The Balaban J connectivity index is 1.47. The number of H-pyrrole nitrogens is 1. The second kappa shape index (κ2) is 6.60. The summed E-state index contributed by atoms with van der Waals surface area (Å²) in [6, 6.07) is 4.02. The Morgan fingerprint density at radius 1 is 1.10 bits per heavy atom. The number of halogens is 1. The van der Waals surface area contributed by atoms with Crippen molar-refractivity contribution in [2.75, 3.05) is 20.1 Å². The van der Waals surface area contributed by atoms with Gasteiger partial charge in [-0.2, -0.15) is 0 Å². The average Bonchev–Trinajstić information content (AvgIpc) is 3.42. The molecule has 0 radical (unpaired) electrons. The fourth-order valence-electron chi connectivity index (χ4n) is 4.84. The Hall–Kier alpha value is -2.80. The van der Waals surface area contributed by atoms with Gasteiger partial charge in [0.05, 0.1) is 5.52 Å². The van der Waals surface area contributed by atoms with Crippen LogP contribution in [0.1, 0.15) is 49.3 Å². The van der Waals surface area contributed by atoms with Crippen LogP contribution in [0.25, 0.3) is 33.2 Å². The van der Waals surface area contributed by atoms with E-state index in [0.29, 0.717) is 17.5 Å². The third kappa shape index (κ3) is 2.83. The highest BCUT2D eigenvalue weighted by molar-refractivity contribution is 5.95. The quantitative estimate of drug-likeness (QED) is 0.543. The number of hydrogen-bond donors (Lipinski definition) is 1. The van der Waals surface area contributed by atoms with E-state index < -0.39 is 0 Å². The zero-order valence-corrected chi connectivity index (χ0v) is 17.3. The lowest BCUT2D eigenvalue weighted by Crippen LogP contribution is -2.31. The van der Waals surface area contributed by atoms with E-state index in [0.717, 1.165) is 65.3 Å². The molecule has 0 spiro atoms. The summed E-state index contributed by atoms with van der Waals surface area (Å²) in [7, 11) is 2.15. The number of nitrogens with zero attached hydrogens (tertiary/aromatic N) is 5. The minimum Gasteiger partial charge on any atom is -0.345 e. The summed E-state index contributed by atoms with van der Waals surface area (Å²) in [4.78, 5) is 19.4. The lowest BCUT2D eigenvalue weighted by atomic mass is 10.0. The van der Waals surface area contributed by atoms with Crippen molar-refractivity contribution in [3.05, 3.63) is 42.0 Å². The zero-order chi connectivity index (χ0) is 20.4. The first-order valence-electron chi connectivity index (χ1n) is 10.8. The molecule has 1 aromatic carbocycles. The molecule has 0 bridgehead atoms. The van der Waals surface area contributed by atoms with E-state index in [2.05, 4.69) is 42.5 Å². The monoisotopic (exact) mass is 404 g/mol. The molecule has 6 rings (SSSR count). The van der Waals surface area contributed by atoms with E-state index in [1.54, 1.807) is 6.07 Å². The summed E-state index contributed by atoms with van der Waals surface area (Å²) >= 11 is 0. The summed E-state index contributed by atoms with van der Waals surface area (Å²) in [5.74, 6) is 2.02. The zero-order valence-electron chi connectivity index (χ0n) is 17.3. The summed E-state index contributed by atoms with van der Waals surface area (Å²) in [6.07, 6.45) is 8.24. The van der Waals surface area contributed by atoms with Crippen LogP contribution < -0.4 is 0 Å². The Kier molecular flexibility index (Phi) is 3.96. The van der Waals surface area contributed by atoms with Gasteiger partial charge in [0, 0.05) is 35.3 Å². The number of fused-ring (bicyclic) bond motifs is 2. The van der Waals surface area contributed by atoms with Gasteiger partial charge < -0.3 is 14.5 Å². The fraction of sp³-hybridized carbons (Fsp3) is 0.435. The van der Waals surface area contributed by atoms with Crippen LogP contribution >= 0.6 is 0 Å². The van der Waals surface area contributed by atoms with Crippen molar-refractivity contribution in [3.8, 4) is 11.1 Å². The van der Waals surface area contributed by atoms with Gasteiger partial charge in [0.1, 0.15) is 22.8 Å². The highest BCUT2D eigenvalue weighted by Gasteiger charge is 2.27. The van der Waals surface area contributed by atoms with Crippen LogP contribution in [-0.4, -0.2) is 49.5 Å². The van der Waals surface area contributed by atoms with Crippen LogP contribution in [0, 0.1) is 12.7 Å². The van der Waals surface area contributed by atoms with Crippen molar-refractivity contribution in [1.29, 1.82) is 0 Å². The molecule has 1 aliphatic heterocycles. The molecule has 1 N–H and O–H groups in total. The van der Waals surface area contributed by atoms with Crippen LogP contribution in [0.2, 0.25) is 0 Å². The van der Waals surface area contributed by atoms with E-state index in [9.17, 15) is 0 Å². The van der Waals surface area contributed by atoms with Gasteiger partial charge in [-0.25, -0.2) is 19.3 Å². The van der Waals surface area contributed by atoms with Gasteiger partial charge in [0.25, 0.3) is 0 Å². The summed E-state index contributed by atoms with van der Waals surface area (Å²) in [5.41, 5.74) is 3.93. The van der Waals surface area contributed by atoms with Gasteiger partial charge >= 0.3 is 0 Å². The fourth-order valence-corrected chi connectivity index (χ4v) is 4.84. The van der Waals surface area contributed by atoms with E-state index in [1.165, 1.54) is 12.8 Å². The lowest BCUT2D eigenvalue weighted by molar-refractivity contribution is 0.222. The highest BCUT2D eigenvalue weighted by atomic mass is 19.1. The number of rotatable bonds is 3. The predicted molar refractivity (Wildman–Crippen MR) is 115 cm³/mol. The normalized spacial score (nSPS) is 18.6. The molecule has 1 saturated heterocycles. The topological polar surface area (TPSA) is 62.6 Å². The molecular weight excluding hydrogens is 379 g/mol. The second-order valence-corrected chi connectivity index (χ2v) is 8.86. The number of hydrogen-bond acceptors (Lipinski definition) is 4. The summed E-state index contributed by atoms with van der Waals surface area (Å²) in [6.45, 7) is 4.08. The van der Waals surface area contributed by atoms with Gasteiger partial charge in [0.2, 0.25) is 0 Å². The number of aromatic amines is 1. The first-order valence-corrected chi connectivity index (χ1v) is 10.8. The molecule has 0 unspecified atom stereocenters. The Labute approximate surface area is 174 Å². The SMILES string of the molecule is Cc1nc2c(F)cc(-c3c[nH]c4nc(C5CC5)ncc34)cc2n1C1CCN(C)CC1. The average molecular weight is 404 g/mol.